The zero-order chi connectivity index (χ0) is 15.8. The topological polar surface area (TPSA) is 86.5 Å². The Labute approximate surface area is 132 Å². The molecule has 1 aromatic rings. The molecule has 0 bridgehead atoms. The smallest absolute Gasteiger partial charge is 0.328 e. The minimum absolute atomic E-state index is 0.0525. The molecule has 5 nitrogen and oxygen atoms in total. The number of rotatable bonds is 5. The molecule has 0 radical (unpaired) electrons. The largest absolute Gasteiger partial charge is 0.465 e. The molecule has 1 aromatic carbocycles. The van der Waals surface area contributed by atoms with E-state index in [2.05, 4.69) is 15.9 Å². The number of hydrogen-bond acceptors (Lipinski definition) is 5. The van der Waals surface area contributed by atoms with E-state index in [1.807, 2.05) is 0 Å². The molecule has 7 heteroatoms. The van der Waals surface area contributed by atoms with Crippen LogP contribution in [0.3, 0.4) is 0 Å². The van der Waals surface area contributed by atoms with E-state index < -0.39 is 32.5 Å². The third-order valence-corrected chi connectivity index (χ3v) is 6.60. The van der Waals surface area contributed by atoms with Crippen LogP contribution in [0.4, 0.5) is 0 Å². The second-order valence-corrected chi connectivity index (χ2v) is 8.38. The van der Waals surface area contributed by atoms with Crippen LogP contribution in [0.1, 0.15) is 25.3 Å². The van der Waals surface area contributed by atoms with Crippen molar-refractivity contribution in [2.24, 2.45) is 5.73 Å². The van der Waals surface area contributed by atoms with Gasteiger partial charge in [0.05, 0.1) is 11.9 Å². The molecule has 0 aromatic heterocycles. The number of hydrogen-bond donors (Lipinski definition) is 1. The minimum Gasteiger partial charge on any atom is -0.465 e. The van der Waals surface area contributed by atoms with Gasteiger partial charge in [0.1, 0.15) is 5.54 Å². The van der Waals surface area contributed by atoms with Gasteiger partial charge in [-0.1, -0.05) is 35.0 Å². The van der Waals surface area contributed by atoms with Gasteiger partial charge in [0.25, 0.3) is 0 Å². The second-order valence-electron chi connectivity index (χ2n) is 5.05. The summed E-state index contributed by atoms with van der Waals surface area (Å²) in [6, 6.07) is 7.16. The van der Waals surface area contributed by atoms with Gasteiger partial charge in [0.15, 0.2) is 9.84 Å². The summed E-state index contributed by atoms with van der Waals surface area (Å²) in [6.07, 6.45) is 0. The molecule has 0 saturated heterocycles. The van der Waals surface area contributed by atoms with E-state index >= 15 is 0 Å². The summed E-state index contributed by atoms with van der Waals surface area (Å²) in [5, 5.41) is -0.921. The van der Waals surface area contributed by atoms with E-state index in [9.17, 15) is 13.2 Å². The highest BCUT2D eigenvalue weighted by atomic mass is 79.9. The number of carbonyl (C=O) groups is 1. The fourth-order valence-electron chi connectivity index (χ4n) is 2.68. The monoisotopic (exact) mass is 375 g/mol. The molecule has 116 valence electrons. The van der Waals surface area contributed by atoms with E-state index in [0.29, 0.717) is 0 Å². The fraction of sp³-hybridized carbons (Fsp3) is 0.500. The summed E-state index contributed by atoms with van der Waals surface area (Å²) >= 11 is 3.32. The van der Waals surface area contributed by atoms with Gasteiger partial charge in [0.2, 0.25) is 0 Å². The van der Waals surface area contributed by atoms with E-state index in [4.69, 9.17) is 10.5 Å². The third-order valence-electron chi connectivity index (χ3n) is 3.83. The second kappa shape index (κ2) is 5.70. The van der Waals surface area contributed by atoms with Crippen LogP contribution in [0.15, 0.2) is 28.7 Å². The summed E-state index contributed by atoms with van der Waals surface area (Å²) < 4.78 is 30.3. The van der Waals surface area contributed by atoms with Crippen molar-refractivity contribution < 1.29 is 17.9 Å². The molecule has 1 aliphatic rings. The van der Waals surface area contributed by atoms with Gasteiger partial charge in [-0.2, -0.15) is 0 Å². The molecule has 0 unspecified atom stereocenters. The molecule has 0 aliphatic heterocycles. The zero-order valence-electron chi connectivity index (χ0n) is 11.9. The van der Waals surface area contributed by atoms with E-state index in [1.54, 1.807) is 38.1 Å². The van der Waals surface area contributed by atoms with Crippen LogP contribution < -0.4 is 5.73 Å². The number of esters is 1. The first-order valence-corrected chi connectivity index (χ1v) is 9.23. The van der Waals surface area contributed by atoms with Crippen LogP contribution in [-0.2, 0) is 19.4 Å². The number of ether oxygens (including phenoxy) is 1. The van der Waals surface area contributed by atoms with E-state index in [0.717, 1.165) is 10.0 Å². The highest BCUT2D eigenvalue weighted by Gasteiger charge is 2.74. The van der Waals surface area contributed by atoms with Crippen LogP contribution >= 0.6 is 15.9 Å². The molecule has 0 spiro atoms. The summed E-state index contributed by atoms with van der Waals surface area (Å²) in [4.78, 5) is 12.1. The van der Waals surface area contributed by atoms with Crippen molar-refractivity contribution in [3.63, 3.8) is 0 Å². The SMILES string of the molecule is CCOC(=O)[C@]1(N)[C@H](c2ccc(Br)cc2)[C@H]1S(=O)(=O)CC. The number of sulfone groups is 1. The lowest BCUT2D eigenvalue weighted by molar-refractivity contribution is -0.145. The van der Waals surface area contributed by atoms with Crippen LogP contribution in [0, 0.1) is 0 Å². The standard InChI is InChI=1S/C14H18BrNO4S/c1-3-20-13(17)14(16)11(12(14)21(18,19)4-2)9-5-7-10(15)8-6-9/h5-8,11-12H,3-4,16H2,1-2H3/t11-,12-,14+/m1/s1. The third kappa shape index (κ3) is 2.74. The number of nitrogens with two attached hydrogens (primary N) is 1. The van der Waals surface area contributed by atoms with Gasteiger partial charge < -0.3 is 10.5 Å². The molecule has 1 aliphatic carbocycles. The van der Waals surface area contributed by atoms with Crippen molar-refractivity contribution in [1.82, 2.24) is 0 Å². The molecule has 0 heterocycles. The Balaban J connectivity index is 2.42. The lowest BCUT2D eigenvalue weighted by Gasteiger charge is -2.10. The van der Waals surface area contributed by atoms with Crippen molar-refractivity contribution in [3.05, 3.63) is 34.3 Å². The summed E-state index contributed by atoms with van der Waals surface area (Å²) in [5.41, 5.74) is 5.38. The van der Waals surface area contributed by atoms with Gasteiger partial charge in [-0.15, -0.1) is 0 Å². The first-order valence-electron chi connectivity index (χ1n) is 6.72. The van der Waals surface area contributed by atoms with Gasteiger partial charge in [-0.3, -0.25) is 0 Å². The number of halogens is 1. The summed E-state index contributed by atoms with van der Waals surface area (Å²) in [6.45, 7) is 3.39. The number of carbonyl (C=O) groups excluding carboxylic acids is 1. The predicted molar refractivity (Wildman–Crippen MR) is 83.7 cm³/mol. The van der Waals surface area contributed by atoms with Gasteiger partial charge in [-0.25, -0.2) is 13.2 Å². The van der Waals surface area contributed by atoms with Gasteiger partial charge in [0, 0.05) is 16.1 Å². The molecule has 0 amide bonds. The van der Waals surface area contributed by atoms with E-state index in [1.165, 1.54) is 0 Å². The molecular weight excluding hydrogens is 358 g/mol. The normalized spacial score (nSPS) is 28.2. The Morgan fingerprint density at radius 2 is 1.90 bits per heavy atom. The van der Waals surface area contributed by atoms with Crippen LogP contribution in [-0.4, -0.2) is 37.5 Å². The van der Waals surface area contributed by atoms with Crippen molar-refractivity contribution in [3.8, 4) is 0 Å². The average Bonchev–Trinajstić information content (AvgIpc) is 3.09. The molecular formula is C14H18BrNO4S. The average molecular weight is 376 g/mol. The zero-order valence-corrected chi connectivity index (χ0v) is 14.3. The maximum atomic E-state index is 12.2. The molecule has 1 saturated carbocycles. The summed E-state index contributed by atoms with van der Waals surface area (Å²) in [7, 11) is -3.44. The molecule has 3 atom stereocenters. The van der Waals surface area contributed by atoms with E-state index in [-0.39, 0.29) is 12.4 Å². The summed E-state index contributed by atoms with van der Waals surface area (Å²) in [5.74, 6) is -1.27. The molecule has 2 N–H and O–H groups in total. The Kier molecular flexibility index (Phi) is 4.46. The Bertz CT molecular complexity index is 643. The lowest BCUT2D eigenvalue weighted by Crippen LogP contribution is -2.41. The van der Waals surface area contributed by atoms with Gasteiger partial charge >= 0.3 is 5.97 Å². The number of benzene rings is 1. The highest BCUT2D eigenvalue weighted by molar-refractivity contribution is 9.10. The Hall–Kier alpha value is -0.920. The van der Waals surface area contributed by atoms with Crippen molar-refractivity contribution >= 4 is 31.7 Å². The van der Waals surface area contributed by atoms with Crippen molar-refractivity contribution in [1.29, 1.82) is 0 Å². The lowest BCUT2D eigenvalue weighted by atomic mass is 10.1. The molecule has 1 fully saturated rings. The fourth-order valence-corrected chi connectivity index (χ4v) is 4.86. The molecule has 2 rings (SSSR count). The highest BCUT2D eigenvalue weighted by Crippen LogP contribution is 2.55. The first-order chi connectivity index (χ1) is 9.79. The van der Waals surface area contributed by atoms with Crippen molar-refractivity contribution in [2.75, 3.05) is 12.4 Å². The predicted octanol–water partition coefficient (Wildman–Crippen LogP) is 1.61. The minimum atomic E-state index is -3.44. The Morgan fingerprint density at radius 1 is 1.33 bits per heavy atom. The Morgan fingerprint density at radius 3 is 2.38 bits per heavy atom. The van der Waals surface area contributed by atoms with Crippen molar-refractivity contribution in [2.45, 2.75) is 30.6 Å². The molecule has 21 heavy (non-hydrogen) atoms. The van der Waals surface area contributed by atoms with Crippen LogP contribution in [0.5, 0.6) is 0 Å². The van der Waals surface area contributed by atoms with Crippen LogP contribution in [0.2, 0.25) is 0 Å². The maximum Gasteiger partial charge on any atom is 0.328 e. The maximum absolute atomic E-state index is 12.2. The quantitative estimate of drug-likeness (QED) is 0.789. The van der Waals surface area contributed by atoms with Gasteiger partial charge in [-0.05, 0) is 24.6 Å². The first kappa shape index (κ1) is 16.5. The van der Waals surface area contributed by atoms with Crippen LogP contribution in [0.25, 0.3) is 0 Å².